The van der Waals surface area contributed by atoms with Gasteiger partial charge >= 0.3 is 6.18 Å². The summed E-state index contributed by atoms with van der Waals surface area (Å²) in [5, 5.41) is 15.8. The number of fused-ring (bicyclic) bond motifs is 2. The van der Waals surface area contributed by atoms with Crippen LogP contribution in [0.4, 0.5) is 18.9 Å². The minimum atomic E-state index is -4.56. The van der Waals surface area contributed by atoms with E-state index in [0.717, 1.165) is 17.0 Å². The Kier molecular flexibility index (Phi) is 6.70. The fourth-order valence-electron chi connectivity index (χ4n) is 4.67. The van der Waals surface area contributed by atoms with Crippen LogP contribution in [0.5, 0.6) is 0 Å². The highest BCUT2D eigenvalue weighted by atomic mass is 35.5. The van der Waals surface area contributed by atoms with Crippen molar-refractivity contribution >= 4 is 56.6 Å². The number of aromatic nitrogens is 3. The monoisotopic (exact) mass is 535 g/mol. The summed E-state index contributed by atoms with van der Waals surface area (Å²) in [7, 11) is 0. The second kappa shape index (κ2) is 9.78. The Labute approximate surface area is 214 Å². The number of anilines is 1. The van der Waals surface area contributed by atoms with Crippen LogP contribution in [0.3, 0.4) is 0 Å². The van der Waals surface area contributed by atoms with Gasteiger partial charge in [0, 0.05) is 38.6 Å². The number of alkyl halides is 3. The molecule has 3 N–H and O–H groups in total. The van der Waals surface area contributed by atoms with Gasteiger partial charge < -0.3 is 10.6 Å². The van der Waals surface area contributed by atoms with Gasteiger partial charge in [0.25, 0.3) is 0 Å². The summed E-state index contributed by atoms with van der Waals surface area (Å²) in [4.78, 5) is 16.4. The number of hydrogen-bond donors (Lipinski definition) is 3. The average molecular weight is 536 g/mol. The quantitative estimate of drug-likeness (QED) is 0.271. The van der Waals surface area contributed by atoms with Gasteiger partial charge in [-0.3, -0.25) is 9.89 Å². The standard InChI is InChI=1S/C25H22Cl2F3N5O/c26-13-1-7-19-17(9-13)21(11-23(33-19)25(28,29)30)31-15-3-5-16(6-4-15)32-24(36)12-22-18-10-14(27)2-8-20(18)34-35-22/h1-2,7-11,15-16H,3-6,12H2,(H,31,33)(H,32,36)(H,34,35). The van der Waals surface area contributed by atoms with Crippen LogP contribution in [-0.2, 0) is 17.4 Å². The van der Waals surface area contributed by atoms with E-state index in [-0.39, 0.29) is 29.9 Å². The van der Waals surface area contributed by atoms with Crippen molar-refractivity contribution < 1.29 is 18.0 Å². The van der Waals surface area contributed by atoms with Crippen LogP contribution in [0.1, 0.15) is 37.1 Å². The van der Waals surface area contributed by atoms with Crippen LogP contribution >= 0.6 is 23.2 Å². The van der Waals surface area contributed by atoms with Gasteiger partial charge in [-0.1, -0.05) is 23.2 Å². The molecule has 0 aliphatic heterocycles. The molecular weight excluding hydrogens is 514 g/mol. The molecule has 2 aromatic carbocycles. The molecule has 188 valence electrons. The van der Waals surface area contributed by atoms with Crippen LogP contribution < -0.4 is 10.6 Å². The first-order valence-corrected chi connectivity index (χ1v) is 12.3. The maximum atomic E-state index is 13.4. The number of amides is 1. The molecule has 2 aromatic heterocycles. The third kappa shape index (κ3) is 5.37. The van der Waals surface area contributed by atoms with Gasteiger partial charge in [0.2, 0.25) is 5.91 Å². The van der Waals surface area contributed by atoms with Crippen molar-refractivity contribution in [1.82, 2.24) is 20.5 Å². The molecule has 1 fully saturated rings. The summed E-state index contributed by atoms with van der Waals surface area (Å²) < 4.78 is 40.2. The van der Waals surface area contributed by atoms with Crippen LogP contribution in [0.2, 0.25) is 10.0 Å². The lowest BCUT2D eigenvalue weighted by atomic mass is 9.90. The van der Waals surface area contributed by atoms with E-state index in [1.807, 2.05) is 6.07 Å². The zero-order valence-corrected chi connectivity index (χ0v) is 20.4. The smallest absolute Gasteiger partial charge is 0.382 e. The highest BCUT2D eigenvalue weighted by molar-refractivity contribution is 6.31. The minimum Gasteiger partial charge on any atom is -0.382 e. The summed E-state index contributed by atoms with van der Waals surface area (Å²) in [6, 6.07) is 11.0. The Balaban J connectivity index is 1.22. The number of hydrogen-bond acceptors (Lipinski definition) is 4. The molecule has 1 amide bonds. The predicted octanol–water partition coefficient (Wildman–Crippen LogP) is 6.52. The molecule has 2 heterocycles. The Bertz CT molecular complexity index is 1430. The van der Waals surface area contributed by atoms with Crippen molar-refractivity contribution in [2.75, 3.05) is 5.32 Å². The Morgan fingerprint density at radius 1 is 0.972 bits per heavy atom. The molecule has 1 aliphatic rings. The lowest BCUT2D eigenvalue weighted by molar-refractivity contribution is -0.140. The van der Waals surface area contributed by atoms with Crippen molar-refractivity contribution in [1.29, 1.82) is 0 Å². The fourth-order valence-corrected chi connectivity index (χ4v) is 5.02. The van der Waals surface area contributed by atoms with Crippen LogP contribution in [0.25, 0.3) is 21.8 Å². The van der Waals surface area contributed by atoms with Crippen LogP contribution in [-0.4, -0.2) is 33.2 Å². The maximum absolute atomic E-state index is 13.4. The van der Waals surface area contributed by atoms with Gasteiger partial charge in [-0.15, -0.1) is 0 Å². The molecular formula is C25H22Cl2F3N5O. The van der Waals surface area contributed by atoms with Crippen molar-refractivity contribution in [2.45, 2.75) is 50.4 Å². The van der Waals surface area contributed by atoms with Gasteiger partial charge in [0.05, 0.1) is 23.1 Å². The number of carbonyl (C=O) groups excluding carboxylic acids is 1. The van der Waals surface area contributed by atoms with E-state index in [4.69, 9.17) is 23.2 Å². The van der Waals surface area contributed by atoms with E-state index < -0.39 is 11.9 Å². The van der Waals surface area contributed by atoms with E-state index in [1.165, 1.54) is 12.1 Å². The summed E-state index contributed by atoms with van der Waals surface area (Å²) >= 11 is 12.2. The summed E-state index contributed by atoms with van der Waals surface area (Å²) in [6.45, 7) is 0. The number of carbonyl (C=O) groups is 1. The zero-order chi connectivity index (χ0) is 25.4. The molecule has 0 atom stereocenters. The summed E-state index contributed by atoms with van der Waals surface area (Å²) in [5.74, 6) is -0.135. The lowest BCUT2D eigenvalue weighted by Gasteiger charge is -2.30. The number of nitrogens with one attached hydrogen (secondary N) is 3. The number of aromatic amines is 1. The van der Waals surface area contributed by atoms with Crippen molar-refractivity contribution in [2.24, 2.45) is 0 Å². The maximum Gasteiger partial charge on any atom is 0.433 e. The molecule has 0 unspecified atom stereocenters. The van der Waals surface area contributed by atoms with Crippen molar-refractivity contribution in [3.8, 4) is 0 Å². The molecule has 0 radical (unpaired) electrons. The second-order valence-electron chi connectivity index (χ2n) is 9.01. The van der Waals surface area contributed by atoms with Crippen LogP contribution in [0.15, 0.2) is 42.5 Å². The summed E-state index contributed by atoms with van der Waals surface area (Å²) in [6.07, 6.45) is -1.65. The SMILES string of the molecule is O=C(Cc1n[nH]c2ccc(Cl)cc12)NC1CCC(Nc2cc(C(F)(F)F)nc3ccc(Cl)cc23)CC1. The first-order valence-electron chi connectivity index (χ1n) is 11.5. The van der Waals surface area contributed by atoms with Gasteiger partial charge in [0.1, 0.15) is 5.69 Å². The average Bonchev–Trinajstić information content (AvgIpc) is 3.21. The molecule has 36 heavy (non-hydrogen) atoms. The molecule has 6 nitrogen and oxygen atoms in total. The van der Waals surface area contributed by atoms with E-state index in [2.05, 4.69) is 25.8 Å². The number of pyridine rings is 1. The molecule has 4 aromatic rings. The third-order valence-corrected chi connectivity index (χ3v) is 6.92. The molecule has 1 saturated carbocycles. The molecule has 5 rings (SSSR count). The number of H-pyrrole nitrogens is 1. The van der Waals surface area contributed by atoms with Crippen molar-refractivity contribution in [3.63, 3.8) is 0 Å². The van der Waals surface area contributed by atoms with Gasteiger partial charge in [-0.25, -0.2) is 4.98 Å². The first kappa shape index (κ1) is 24.6. The third-order valence-electron chi connectivity index (χ3n) is 6.44. The number of nitrogens with zero attached hydrogens (tertiary/aromatic N) is 2. The molecule has 1 aliphatic carbocycles. The topological polar surface area (TPSA) is 82.7 Å². The Morgan fingerprint density at radius 3 is 2.36 bits per heavy atom. The molecule has 0 bridgehead atoms. The number of halogens is 5. The number of benzene rings is 2. The highest BCUT2D eigenvalue weighted by Gasteiger charge is 2.34. The second-order valence-corrected chi connectivity index (χ2v) is 9.88. The Morgan fingerprint density at radius 2 is 1.64 bits per heavy atom. The normalized spacial score (nSPS) is 18.5. The lowest BCUT2D eigenvalue weighted by Crippen LogP contribution is -2.40. The molecule has 0 saturated heterocycles. The predicted molar refractivity (Wildman–Crippen MR) is 134 cm³/mol. The van der Waals surface area contributed by atoms with Gasteiger partial charge in [-0.2, -0.15) is 18.3 Å². The van der Waals surface area contributed by atoms with Gasteiger partial charge in [0.15, 0.2) is 0 Å². The largest absolute Gasteiger partial charge is 0.433 e. The van der Waals surface area contributed by atoms with E-state index in [0.29, 0.717) is 52.5 Å². The fraction of sp³-hybridized carbons (Fsp3) is 0.320. The Hall–Kier alpha value is -3.04. The molecule has 0 spiro atoms. The molecule has 11 heteroatoms. The number of rotatable bonds is 5. The van der Waals surface area contributed by atoms with Crippen molar-refractivity contribution in [3.05, 3.63) is 63.9 Å². The first-order chi connectivity index (χ1) is 17.2. The van der Waals surface area contributed by atoms with E-state index in [1.54, 1.807) is 18.2 Å². The van der Waals surface area contributed by atoms with E-state index in [9.17, 15) is 18.0 Å². The van der Waals surface area contributed by atoms with E-state index >= 15 is 0 Å². The highest BCUT2D eigenvalue weighted by Crippen LogP contribution is 2.35. The van der Waals surface area contributed by atoms with Gasteiger partial charge in [-0.05, 0) is 68.1 Å². The minimum absolute atomic E-state index is 0.0151. The zero-order valence-electron chi connectivity index (χ0n) is 18.9. The summed E-state index contributed by atoms with van der Waals surface area (Å²) in [5.41, 5.74) is 1.07. The van der Waals surface area contributed by atoms with Crippen LogP contribution in [0, 0.1) is 0 Å².